The number of nitrogens with one attached hydrogen (secondary N) is 2. The van der Waals surface area contributed by atoms with Crippen LogP contribution in [0.1, 0.15) is 53.1 Å². The van der Waals surface area contributed by atoms with Crippen molar-refractivity contribution in [1.82, 2.24) is 9.97 Å². The Bertz CT molecular complexity index is 810. The fraction of sp³-hybridized carbons (Fsp3) is 0.391. The van der Waals surface area contributed by atoms with Gasteiger partial charge in [-0.15, -0.1) is 0 Å². The van der Waals surface area contributed by atoms with Crippen molar-refractivity contribution in [2.45, 2.75) is 55.4 Å². The van der Waals surface area contributed by atoms with E-state index < -0.39 is 0 Å². The number of aliphatic imine (C=N–C) groups is 1. The Kier molecular flexibility index (Phi) is 12.6. The summed E-state index contributed by atoms with van der Waals surface area (Å²) in [6, 6.07) is 7.34. The van der Waals surface area contributed by atoms with Crippen LogP contribution in [-0.4, -0.2) is 22.1 Å². The monoisotopic (exact) mass is 397 g/mol. The molecule has 1 amide bonds. The van der Waals surface area contributed by atoms with E-state index in [0.29, 0.717) is 23.0 Å². The summed E-state index contributed by atoms with van der Waals surface area (Å²) in [7, 11) is 0. The number of hydrogen-bond acceptors (Lipinski definition) is 5. The number of aromatic nitrogens is 2. The van der Waals surface area contributed by atoms with Gasteiger partial charge in [-0.3, -0.25) is 9.79 Å². The first-order chi connectivity index (χ1) is 13.8. The van der Waals surface area contributed by atoms with Crippen molar-refractivity contribution in [1.29, 1.82) is 0 Å². The molecule has 0 fully saturated rings. The number of nitrogens with zero attached hydrogens (tertiary/aromatic N) is 3. The van der Waals surface area contributed by atoms with E-state index >= 15 is 0 Å². The van der Waals surface area contributed by atoms with E-state index in [1.54, 1.807) is 12.3 Å². The van der Waals surface area contributed by atoms with Gasteiger partial charge in [0.15, 0.2) is 5.82 Å². The predicted octanol–water partition coefficient (Wildman–Crippen LogP) is 6.37. The summed E-state index contributed by atoms with van der Waals surface area (Å²) in [5.41, 5.74) is 2.95. The van der Waals surface area contributed by atoms with Gasteiger partial charge in [-0.25, -0.2) is 9.97 Å². The third kappa shape index (κ3) is 10.2. The summed E-state index contributed by atoms with van der Waals surface area (Å²) in [6.07, 6.45) is 2.93. The first kappa shape index (κ1) is 26.0. The Morgan fingerprint density at radius 1 is 1.14 bits per heavy atom. The third-order valence-corrected chi connectivity index (χ3v) is 3.01. The van der Waals surface area contributed by atoms with Crippen LogP contribution >= 0.6 is 0 Å². The number of carbonyl (C=O) groups is 1. The molecule has 0 bridgehead atoms. The molecule has 158 valence electrons. The van der Waals surface area contributed by atoms with Gasteiger partial charge in [-0.1, -0.05) is 47.3 Å². The quantitative estimate of drug-likeness (QED) is 0.453. The lowest BCUT2D eigenvalue weighted by Gasteiger charge is -2.12. The van der Waals surface area contributed by atoms with E-state index in [-0.39, 0.29) is 5.91 Å². The molecule has 0 saturated carbocycles. The molecule has 0 aliphatic heterocycles. The minimum atomic E-state index is -0.257. The topological polar surface area (TPSA) is 79.3 Å². The normalized spacial score (nSPS) is 9.83. The Morgan fingerprint density at radius 3 is 2.28 bits per heavy atom. The van der Waals surface area contributed by atoms with E-state index in [1.807, 2.05) is 52.8 Å². The van der Waals surface area contributed by atoms with Gasteiger partial charge >= 0.3 is 0 Å². The molecule has 0 atom stereocenters. The molecule has 0 spiro atoms. The molecule has 1 aromatic carbocycles. The standard InChI is InChI=1S/C17H19N5O.C4H10.C2H6/c1-5-15(23)21-13-8-7-9-14(10-13)22-17-16(18-6-2)11(3)19-12(4)20-17;1-4(2)3;1-2/h5-10H,1H2,2-4H3,(H,21,23)(H,19,20,22);4H,1-3H3;1-2H3. The molecule has 0 radical (unpaired) electrons. The van der Waals surface area contributed by atoms with Crippen LogP contribution in [0.25, 0.3) is 0 Å². The van der Waals surface area contributed by atoms with Gasteiger partial charge in [0.05, 0.1) is 5.69 Å². The van der Waals surface area contributed by atoms with Crippen molar-refractivity contribution in [3.63, 3.8) is 0 Å². The molecule has 1 heterocycles. The minimum absolute atomic E-state index is 0.257. The highest BCUT2D eigenvalue weighted by atomic mass is 16.1. The highest BCUT2D eigenvalue weighted by molar-refractivity contribution is 5.99. The lowest BCUT2D eigenvalue weighted by Crippen LogP contribution is -2.07. The number of carbonyl (C=O) groups excluding carboxylic acids is 1. The fourth-order valence-electron chi connectivity index (χ4n) is 2.08. The first-order valence-electron chi connectivity index (χ1n) is 9.91. The van der Waals surface area contributed by atoms with Crippen molar-refractivity contribution < 1.29 is 4.79 Å². The van der Waals surface area contributed by atoms with Crippen LogP contribution in [0.4, 0.5) is 22.9 Å². The predicted molar refractivity (Wildman–Crippen MR) is 126 cm³/mol. The lowest BCUT2D eigenvalue weighted by molar-refractivity contribution is -0.111. The molecule has 2 N–H and O–H groups in total. The number of rotatable bonds is 5. The molecule has 0 saturated heterocycles. The van der Waals surface area contributed by atoms with E-state index in [1.165, 1.54) is 6.08 Å². The van der Waals surface area contributed by atoms with Gasteiger partial charge in [0.1, 0.15) is 11.5 Å². The molecule has 1 aromatic heterocycles. The summed E-state index contributed by atoms with van der Waals surface area (Å²) in [4.78, 5) is 24.5. The van der Waals surface area contributed by atoms with Crippen LogP contribution in [0.3, 0.4) is 0 Å². The molecular formula is C23H35N5O. The van der Waals surface area contributed by atoms with Crippen molar-refractivity contribution in [2.75, 3.05) is 10.6 Å². The number of benzene rings is 1. The first-order valence-corrected chi connectivity index (χ1v) is 9.91. The zero-order chi connectivity index (χ0) is 22.4. The molecule has 2 rings (SSSR count). The summed E-state index contributed by atoms with van der Waals surface area (Å²) in [6.45, 7) is 19.5. The number of anilines is 3. The van der Waals surface area contributed by atoms with Crippen LogP contribution in [0.5, 0.6) is 0 Å². The van der Waals surface area contributed by atoms with Crippen LogP contribution in [-0.2, 0) is 4.79 Å². The second-order valence-corrected chi connectivity index (χ2v) is 6.57. The number of amides is 1. The molecule has 0 unspecified atom stereocenters. The second kappa shape index (κ2) is 14.0. The average molecular weight is 398 g/mol. The maximum absolute atomic E-state index is 11.4. The maximum atomic E-state index is 11.4. The highest BCUT2D eigenvalue weighted by Gasteiger charge is 2.10. The van der Waals surface area contributed by atoms with E-state index in [9.17, 15) is 4.79 Å². The maximum Gasteiger partial charge on any atom is 0.247 e. The summed E-state index contributed by atoms with van der Waals surface area (Å²) in [5.74, 6) is 1.86. The summed E-state index contributed by atoms with van der Waals surface area (Å²) >= 11 is 0. The fourth-order valence-corrected chi connectivity index (χ4v) is 2.08. The Hall–Kier alpha value is -3.02. The van der Waals surface area contributed by atoms with Gasteiger partial charge in [0.25, 0.3) is 0 Å². The highest BCUT2D eigenvalue weighted by Crippen LogP contribution is 2.29. The zero-order valence-corrected chi connectivity index (χ0v) is 19.0. The van der Waals surface area contributed by atoms with Crippen LogP contribution in [0.15, 0.2) is 41.9 Å². The minimum Gasteiger partial charge on any atom is -0.338 e. The molecule has 0 aliphatic rings. The third-order valence-electron chi connectivity index (χ3n) is 3.01. The molecular weight excluding hydrogens is 362 g/mol. The van der Waals surface area contributed by atoms with Gasteiger partial charge in [0, 0.05) is 17.6 Å². The Morgan fingerprint density at radius 2 is 1.72 bits per heavy atom. The molecule has 6 heteroatoms. The van der Waals surface area contributed by atoms with E-state index in [0.717, 1.165) is 17.3 Å². The number of hydrogen-bond donors (Lipinski definition) is 2. The average Bonchev–Trinajstić information content (AvgIpc) is 2.66. The number of aryl methyl sites for hydroxylation is 2. The Balaban J connectivity index is 0.00000116. The van der Waals surface area contributed by atoms with Crippen molar-refractivity contribution in [2.24, 2.45) is 10.9 Å². The largest absolute Gasteiger partial charge is 0.338 e. The molecule has 6 nitrogen and oxygen atoms in total. The van der Waals surface area contributed by atoms with Gasteiger partial charge < -0.3 is 10.6 Å². The molecule has 2 aromatic rings. The zero-order valence-electron chi connectivity index (χ0n) is 19.0. The van der Waals surface area contributed by atoms with Gasteiger partial charge in [0.2, 0.25) is 5.91 Å². The summed E-state index contributed by atoms with van der Waals surface area (Å²) < 4.78 is 0. The van der Waals surface area contributed by atoms with Crippen molar-refractivity contribution in [3.05, 3.63) is 48.4 Å². The SMILES string of the molecule is C=CC(=O)Nc1cccc(Nc2nc(C)nc(C)c2N=CC)c1.CC.CC(C)C. The summed E-state index contributed by atoms with van der Waals surface area (Å²) in [5, 5.41) is 5.95. The molecule has 0 aliphatic carbocycles. The van der Waals surface area contributed by atoms with Crippen LogP contribution in [0.2, 0.25) is 0 Å². The van der Waals surface area contributed by atoms with Gasteiger partial charge in [-0.2, -0.15) is 0 Å². The molecule has 29 heavy (non-hydrogen) atoms. The van der Waals surface area contributed by atoms with Crippen molar-refractivity contribution >= 4 is 35.0 Å². The lowest BCUT2D eigenvalue weighted by atomic mass is 10.2. The van der Waals surface area contributed by atoms with E-state index in [2.05, 4.69) is 52.9 Å². The Labute approximate surface area is 175 Å². The van der Waals surface area contributed by atoms with Gasteiger partial charge in [-0.05, 0) is 51.0 Å². The van der Waals surface area contributed by atoms with Crippen molar-refractivity contribution in [3.8, 4) is 0 Å². The van der Waals surface area contributed by atoms with E-state index in [4.69, 9.17) is 0 Å². The smallest absolute Gasteiger partial charge is 0.247 e. The van der Waals surface area contributed by atoms with Crippen LogP contribution in [0, 0.1) is 19.8 Å². The van der Waals surface area contributed by atoms with Crippen LogP contribution < -0.4 is 10.6 Å². The second-order valence-electron chi connectivity index (χ2n) is 6.57.